The zero-order valence-electron chi connectivity index (χ0n) is 14.3. The van der Waals surface area contributed by atoms with E-state index in [-0.39, 0.29) is 11.8 Å². The maximum atomic E-state index is 12.7. The minimum absolute atomic E-state index is 0.0522. The number of likely N-dealkylation sites (tertiary alicyclic amines) is 1. The monoisotopic (exact) mass is 368 g/mol. The van der Waals surface area contributed by atoms with Crippen molar-refractivity contribution in [3.8, 4) is 0 Å². The van der Waals surface area contributed by atoms with Gasteiger partial charge in [-0.15, -0.1) is 11.3 Å². The fraction of sp³-hybridized carbons (Fsp3) is 0.316. The predicted molar refractivity (Wildman–Crippen MR) is 101 cm³/mol. The number of nitrogens with one attached hydrogen (secondary N) is 2. The van der Waals surface area contributed by atoms with Gasteiger partial charge in [0.05, 0.1) is 22.5 Å². The Balaban J connectivity index is 1.44. The van der Waals surface area contributed by atoms with E-state index in [0.29, 0.717) is 30.2 Å². The molecule has 6 nitrogen and oxygen atoms in total. The molecule has 0 bridgehead atoms. The van der Waals surface area contributed by atoms with Gasteiger partial charge in [0.15, 0.2) is 0 Å². The van der Waals surface area contributed by atoms with E-state index in [1.807, 2.05) is 41.8 Å². The Labute approximate surface area is 155 Å². The van der Waals surface area contributed by atoms with Crippen LogP contribution in [0.1, 0.15) is 34.8 Å². The van der Waals surface area contributed by atoms with Crippen molar-refractivity contribution in [1.29, 1.82) is 0 Å². The first-order valence-electron chi connectivity index (χ1n) is 8.78. The number of nitrogens with zero attached hydrogens (tertiary/aromatic N) is 2. The van der Waals surface area contributed by atoms with Crippen LogP contribution in [0.25, 0.3) is 11.0 Å². The van der Waals surface area contributed by atoms with Gasteiger partial charge >= 0.3 is 0 Å². The highest BCUT2D eigenvalue weighted by Gasteiger charge is 2.32. The van der Waals surface area contributed by atoms with Gasteiger partial charge in [-0.25, -0.2) is 4.98 Å². The minimum Gasteiger partial charge on any atom is -0.347 e. The molecule has 0 saturated carbocycles. The first-order chi connectivity index (χ1) is 12.7. The number of piperidine rings is 1. The van der Waals surface area contributed by atoms with Crippen molar-refractivity contribution >= 4 is 34.2 Å². The number of imidazole rings is 1. The largest absolute Gasteiger partial charge is 0.347 e. The second-order valence-corrected chi connectivity index (χ2v) is 7.35. The van der Waals surface area contributed by atoms with Gasteiger partial charge < -0.3 is 15.2 Å². The van der Waals surface area contributed by atoms with Crippen LogP contribution >= 0.6 is 11.3 Å². The van der Waals surface area contributed by atoms with E-state index >= 15 is 0 Å². The van der Waals surface area contributed by atoms with Crippen LogP contribution in [0.15, 0.2) is 41.8 Å². The van der Waals surface area contributed by atoms with Gasteiger partial charge in [-0.1, -0.05) is 18.2 Å². The number of thiophene rings is 1. The molecule has 7 heteroatoms. The molecule has 0 spiro atoms. The van der Waals surface area contributed by atoms with E-state index in [4.69, 9.17) is 0 Å². The molecule has 0 radical (unpaired) electrons. The van der Waals surface area contributed by atoms with Crippen LogP contribution in [0.5, 0.6) is 0 Å². The quantitative estimate of drug-likeness (QED) is 0.743. The molecular weight excluding hydrogens is 348 g/mol. The van der Waals surface area contributed by atoms with Crippen molar-refractivity contribution in [2.24, 2.45) is 0 Å². The number of rotatable bonds is 4. The Morgan fingerprint density at radius 3 is 2.92 bits per heavy atom. The molecule has 3 heterocycles. The third-order valence-electron chi connectivity index (χ3n) is 4.67. The van der Waals surface area contributed by atoms with Gasteiger partial charge in [0, 0.05) is 6.54 Å². The average Bonchev–Trinajstić information content (AvgIpc) is 3.35. The zero-order chi connectivity index (χ0) is 17.9. The van der Waals surface area contributed by atoms with Crippen LogP contribution in [0, 0.1) is 0 Å². The number of carbonyl (C=O) groups is 2. The number of aromatic amines is 1. The highest BCUT2D eigenvalue weighted by Crippen LogP contribution is 2.22. The van der Waals surface area contributed by atoms with E-state index in [1.54, 1.807) is 4.90 Å². The zero-order valence-corrected chi connectivity index (χ0v) is 15.1. The van der Waals surface area contributed by atoms with Crippen molar-refractivity contribution in [3.63, 3.8) is 0 Å². The van der Waals surface area contributed by atoms with Crippen LogP contribution in [0.2, 0.25) is 0 Å². The van der Waals surface area contributed by atoms with Crippen LogP contribution in [-0.4, -0.2) is 39.3 Å². The third kappa shape index (κ3) is 3.35. The number of carbonyl (C=O) groups excluding carboxylic acids is 2. The summed E-state index contributed by atoms with van der Waals surface area (Å²) in [5, 5.41) is 4.82. The standard InChI is InChI=1S/C19H20N4O2S/c24-18(20-12-17-21-13-6-1-2-7-14(13)22-17)15-8-3-4-10-23(15)19(25)16-9-5-11-26-16/h1-2,5-7,9,11,15H,3-4,8,10,12H2,(H,20,24)(H,21,22). The van der Waals surface area contributed by atoms with E-state index in [1.165, 1.54) is 11.3 Å². The Morgan fingerprint density at radius 1 is 1.23 bits per heavy atom. The number of para-hydroxylation sites is 2. The molecule has 0 aliphatic carbocycles. The summed E-state index contributed by atoms with van der Waals surface area (Å²) >= 11 is 1.41. The first kappa shape index (κ1) is 16.8. The summed E-state index contributed by atoms with van der Waals surface area (Å²) in [4.78, 5) is 35.5. The molecule has 2 aromatic heterocycles. The van der Waals surface area contributed by atoms with Crippen LogP contribution in [0.3, 0.4) is 0 Å². The Morgan fingerprint density at radius 2 is 2.12 bits per heavy atom. The van der Waals surface area contributed by atoms with Crippen molar-refractivity contribution in [2.75, 3.05) is 6.54 Å². The third-order valence-corrected chi connectivity index (χ3v) is 5.52. The van der Waals surface area contributed by atoms with Crippen molar-refractivity contribution in [3.05, 3.63) is 52.5 Å². The molecule has 4 rings (SSSR count). The second-order valence-electron chi connectivity index (χ2n) is 6.41. The molecule has 1 aliphatic heterocycles. The van der Waals surface area contributed by atoms with E-state index < -0.39 is 6.04 Å². The van der Waals surface area contributed by atoms with Gasteiger partial charge in [-0.2, -0.15) is 0 Å². The SMILES string of the molecule is O=C(NCc1nc2ccccc2[nH]1)C1CCCCN1C(=O)c1cccs1. The molecule has 2 N–H and O–H groups in total. The second kappa shape index (κ2) is 7.29. The summed E-state index contributed by atoms with van der Waals surface area (Å²) in [6, 6.07) is 11.0. The topological polar surface area (TPSA) is 78.1 Å². The molecule has 1 atom stereocenters. The fourth-order valence-electron chi connectivity index (χ4n) is 3.37. The summed E-state index contributed by atoms with van der Waals surface area (Å²) in [5.74, 6) is 0.546. The number of fused-ring (bicyclic) bond motifs is 1. The van der Waals surface area contributed by atoms with Gasteiger partial charge in [0.25, 0.3) is 5.91 Å². The van der Waals surface area contributed by atoms with Crippen molar-refractivity contribution < 1.29 is 9.59 Å². The van der Waals surface area contributed by atoms with Gasteiger partial charge in [-0.3, -0.25) is 9.59 Å². The molecule has 3 aromatic rings. The molecule has 1 fully saturated rings. The minimum atomic E-state index is -0.414. The number of hydrogen-bond acceptors (Lipinski definition) is 4. The molecule has 1 aromatic carbocycles. The number of benzene rings is 1. The molecule has 134 valence electrons. The molecule has 1 saturated heterocycles. The Kier molecular flexibility index (Phi) is 4.71. The lowest BCUT2D eigenvalue weighted by molar-refractivity contribution is -0.126. The molecule has 2 amide bonds. The average molecular weight is 368 g/mol. The fourth-order valence-corrected chi connectivity index (χ4v) is 4.05. The molecule has 1 unspecified atom stereocenters. The first-order valence-corrected chi connectivity index (χ1v) is 9.66. The smallest absolute Gasteiger partial charge is 0.264 e. The van der Waals surface area contributed by atoms with Gasteiger partial charge in [0.1, 0.15) is 11.9 Å². The van der Waals surface area contributed by atoms with Crippen LogP contribution < -0.4 is 5.32 Å². The maximum absolute atomic E-state index is 12.7. The molecular formula is C19H20N4O2S. The normalized spacial score (nSPS) is 17.4. The summed E-state index contributed by atoms with van der Waals surface area (Å²) in [7, 11) is 0. The van der Waals surface area contributed by atoms with E-state index in [9.17, 15) is 9.59 Å². The lowest BCUT2D eigenvalue weighted by Crippen LogP contribution is -2.51. The highest BCUT2D eigenvalue weighted by molar-refractivity contribution is 7.12. The number of amides is 2. The van der Waals surface area contributed by atoms with Crippen molar-refractivity contribution in [1.82, 2.24) is 20.2 Å². The Bertz CT molecular complexity index is 886. The molecule has 26 heavy (non-hydrogen) atoms. The summed E-state index contributed by atoms with van der Waals surface area (Å²) in [5.41, 5.74) is 1.83. The summed E-state index contributed by atoms with van der Waals surface area (Å²) < 4.78 is 0. The lowest BCUT2D eigenvalue weighted by Gasteiger charge is -2.34. The summed E-state index contributed by atoms with van der Waals surface area (Å²) in [6.07, 6.45) is 2.59. The van der Waals surface area contributed by atoms with Crippen molar-refractivity contribution in [2.45, 2.75) is 31.8 Å². The highest BCUT2D eigenvalue weighted by atomic mass is 32.1. The lowest BCUT2D eigenvalue weighted by atomic mass is 10.0. The number of hydrogen-bond donors (Lipinski definition) is 2. The summed E-state index contributed by atoms with van der Waals surface area (Å²) in [6.45, 7) is 0.949. The maximum Gasteiger partial charge on any atom is 0.264 e. The predicted octanol–water partition coefficient (Wildman–Crippen LogP) is 2.94. The number of aromatic nitrogens is 2. The van der Waals surface area contributed by atoms with Crippen LogP contribution in [-0.2, 0) is 11.3 Å². The van der Waals surface area contributed by atoms with E-state index in [2.05, 4.69) is 15.3 Å². The van der Waals surface area contributed by atoms with Gasteiger partial charge in [0.2, 0.25) is 5.91 Å². The Hall–Kier alpha value is -2.67. The van der Waals surface area contributed by atoms with Crippen LogP contribution in [0.4, 0.5) is 0 Å². The number of H-pyrrole nitrogens is 1. The molecule has 1 aliphatic rings. The van der Waals surface area contributed by atoms with Gasteiger partial charge in [-0.05, 0) is 42.8 Å². The van der Waals surface area contributed by atoms with E-state index in [0.717, 1.165) is 23.9 Å².